The van der Waals surface area contributed by atoms with Crippen LogP contribution in [0.4, 0.5) is 4.39 Å². The summed E-state index contributed by atoms with van der Waals surface area (Å²) in [6.07, 6.45) is 0.880. The lowest BCUT2D eigenvalue weighted by molar-refractivity contribution is 0.422. The molecule has 0 bridgehead atoms. The molecule has 2 N–H and O–H groups in total. The van der Waals surface area contributed by atoms with Gasteiger partial charge in [-0.05, 0) is 25.8 Å². The van der Waals surface area contributed by atoms with E-state index in [0.717, 1.165) is 0 Å². The average molecular weight is 273 g/mol. The molecule has 1 rings (SSSR count). The van der Waals surface area contributed by atoms with Gasteiger partial charge in [0, 0.05) is 16.9 Å². The maximum atomic E-state index is 13.6. The van der Waals surface area contributed by atoms with Crippen LogP contribution in [-0.2, 0) is 15.4 Å². The fourth-order valence-corrected chi connectivity index (χ4v) is 2.74. The third kappa shape index (κ3) is 4.07. The van der Waals surface area contributed by atoms with Crippen LogP contribution in [0.5, 0.6) is 0 Å². The van der Waals surface area contributed by atoms with Crippen LogP contribution < -0.4 is 5.73 Å². The minimum atomic E-state index is -2.98. The molecule has 3 nitrogen and oxygen atoms in total. The maximum Gasteiger partial charge on any atom is 0.150 e. The van der Waals surface area contributed by atoms with Crippen LogP contribution in [0.1, 0.15) is 32.3 Å². The Bertz CT molecular complexity index is 497. The number of hydrogen-bond donors (Lipinski definition) is 1. The van der Waals surface area contributed by atoms with E-state index in [2.05, 4.69) is 0 Å². The fraction of sp³-hybridized carbons (Fsp3) is 0.538. The lowest BCUT2D eigenvalue weighted by atomic mass is 9.88. The Balaban J connectivity index is 2.69. The standard InChI is InChI=1S/C13H20FNO2S/c1-3-18(16,17)10-6-9-13(2,15)11-7-4-5-8-12(11)14/h4-5,7-8H,3,6,9-10,15H2,1-2H3. The SMILES string of the molecule is CCS(=O)(=O)CCCC(C)(N)c1ccccc1F. The molecule has 1 aromatic carbocycles. The van der Waals surface area contributed by atoms with Crippen LogP contribution in [0.25, 0.3) is 0 Å². The number of hydrogen-bond acceptors (Lipinski definition) is 3. The topological polar surface area (TPSA) is 60.2 Å². The van der Waals surface area contributed by atoms with Gasteiger partial charge in [-0.2, -0.15) is 0 Å². The van der Waals surface area contributed by atoms with Crippen molar-refractivity contribution >= 4 is 9.84 Å². The number of sulfone groups is 1. The molecule has 0 aliphatic rings. The molecule has 1 unspecified atom stereocenters. The molecular weight excluding hydrogens is 253 g/mol. The van der Waals surface area contributed by atoms with Gasteiger partial charge in [0.05, 0.1) is 5.75 Å². The lowest BCUT2D eigenvalue weighted by Crippen LogP contribution is -2.34. The monoisotopic (exact) mass is 273 g/mol. The minimum Gasteiger partial charge on any atom is -0.322 e. The summed E-state index contributed by atoms with van der Waals surface area (Å²) in [5.74, 6) is -0.112. The van der Waals surface area contributed by atoms with Crippen molar-refractivity contribution in [3.8, 4) is 0 Å². The average Bonchev–Trinajstić information content (AvgIpc) is 2.29. The summed E-state index contributed by atoms with van der Waals surface area (Å²) in [6, 6.07) is 6.34. The lowest BCUT2D eigenvalue weighted by Gasteiger charge is -2.25. The van der Waals surface area contributed by atoms with E-state index in [9.17, 15) is 12.8 Å². The van der Waals surface area contributed by atoms with Crippen molar-refractivity contribution in [2.24, 2.45) is 5.73 Å². The molecule has 5 heteroatoms. The Morgan fingerprint density at radius 2 is 1.94 bits per heavy atom. The Hall–Kier alpha value is -0.940. The number of halogens is 1. The Morgan fingerprint density at radius 3 is 2.50 bits per heavy atom. The number of benzene rings is 1. The van der Waals surface area contributed by atoms with E-state index in [-0.39, 0.29) is 17.3 Å². The first-order valence-electron chi connectivity index (χ1n) is 6.03. The molecule has 0 aromatic heterocycles. The summed E-state index contributed by atoms with van der Waals surface area (Å²) in [5, 5.41) is 0. The van der Waals surface area contributed by atoms with Crippen LogP contribution in [0.15, 0.2) is 24.3 Å². The highest BCUT2D eigenvalue weighted by atomic mass is 32.2. The van der Waals surface area contributed by atoms with Gasteiger partial charge in [0.25, 0.3) is 0 Å². The van der Waals surface area contributed by atoms with Gasteiger partial charge in [0.2, 0.25) is 0 Å². The molecule has 0 saturated carbocycles. The molecule has 0 spiro atoms. The number of nitrogens with two attached hydrogens (primary N) is 1. The third-order valence-electron chi connectivity index (χ3n) is 3.08. The van der Waals surface area contributed by atoms with Gasteiger partial charge in [0.1, 0.15) is 15.7 Å². The van der Waals surface area contributed by atoms with Crippen molar-refractivity contribution in [2.75, 3.05) is 11.5 Å². The normalized spacial score (nSPS) is 15.3. The van der Waals surface area contributed by atoms with E-state index in [1.165, 1.54) is 6.07 Å². The van der Waals surface area contributed by atoms with Crippen LogP contribution in [0.3, 0.4) is 0 Å². The van der Waals surface area contributed by atoms with Crippen molar-refractivity contribution < 1.29 is 12.8 Å². The largest absolute Gasteiger partial charge is 0.322 e. The van der Waals surface area contributed by atoms with Crippen molar-refractivity contribution in [3.63, 3.8) is 0 Å². The predicted octanol–water partition coefficient (Wildman–Crippen LogP) is 2.21. The molecule has 0 fully saturated rings. The highest BCUT2D eigenvalue weighted by molar-refractivity contribution is 7.91. The van der Waals surface area contributed by atoms with Crippen molar-refractivity contribution in [1.29, 1.82) is 0 Å². The van der Waals surface area contributed by atoms with Gasteiger partial charge in [-0.3, -0.25) is 0 Å². The van der Waals surface area contributed by atoms with Gasteiger partial charge in [-0.25, -0.2) is 12.8 Å². The second kappa shape index (κ2) is 5.80. The van der Waals surface area contributed by atoms with E-state index < -0.39 is 15.4 Å². The second-order valence-corrected chi connectivity index (χ2v) is 7.21. The summed E-state index contributed by atoms with van der Waals surface area (Å²) in [4.78, 5) is 0. The third-order valence-corrected chi connectivity index (χ3v) is 4.87. The van der Waals surface area contributed by atoms with Gasteiger partial charge in [0.15, 0.2) is 0 Å². The molecule has 18 heavy (non-hydrogen) atoms. The summed E-state index contributed by atoms with van der Waals surface area (Å²) in [6.45, 7) is 3.35. The minimum absolute atomic E-state index is 0.102. The van der Waals surface area contributed by atoms with E-state index in [0.29, 0.717) is 18.4 Å². The van der Waals surface area contributed by atoms with E-state index in [1.54, 1.807) is 32.0 Å². The van der Waals surface area contributed by atoms with Crippen LogP contribution in [-0.4, -0.2) is 19.9 Å². The van der Waals surface area contributed by atoms with Crippen LogP contribution in [0, 0.1) is 5.82 Å². The summed E-state index contributed by atoms with van der Waals surface area (Å²) in [5.41, 5.74) is 5.67. The zero-order valence-electron chi connectivity index (χ0n) is 10.8. The molecule has 1 aromatic rings. The molecule has 0 aliphatic carbocycles. The summed E-state index contributed by atoms with van der Waals surface area (Å²) in [7, 11) is -2.98. The van der Waals surface area contributed by atoms with E-state index in [4.69, 9.17) is 5.73 Å². The van der Waals surface area contributed by atoms with E-state index >= 15 is 0 Å². The zero-order chi connectivity index (χ0) is 13.8. The van der Waals surface area contributed by atoms with E-state index in [1.807, 2.05) is 0 Å². The zero-order valence-corrected chi connectivity index (χ0v) is 11.6. The maximum absolute atomic E-state index is 13.6. The highest BCUT2D eigenvalue weighted by Gasteiger charge is 2.24. The second-order valence-electron chi connectivity index (χ2n) is 4.74. The quantitative estimate of drug-likeness (QED) is 0.864. The first-order valence-corrected chi connectivity index (χ1v) is 7.85. The van der Waals surface area contributed by atoms with Crippen LogP contribution >= 0.6 is 0 Å². The molecule has 0 aliphatic heterocycles. The van der Waals surface area contributed by atoms with Crippen molar-refractivity contribution in [2.45, 2.75) is 32.2 Å². The Labute approximate surface area is 108 Å². The number of rotatable bonds is 6. The molecule has 0 heterocycles. The highest BCUT2D eigenvalue weighted by Crippen LogP contribution is 2.25. The van der Waals surface area contributed by atoms with Crippen LogP contribution in [0.2, 0.25) is 0 Å². The molecule has 0 radical (unpaired) electrons. The Kier molecular flexibility index (Phi) is 4.87. The van der Waals surface area contributed by atoms with Crippen molar-refractivity contribution in [3.05, 3.63) is 35.6 Å². The fourth-order valence-electron chi connectivity index (χ4n) is 1.86. The summed E-state index contributed by atoms with van der Waals surface area (Å²) >= 11 is 0. The molecule has 102 valence electrons. The molecule has 0 saturated heterocycles. The van der Waals surface area contributed by atoms with Gasteiger partial charge >= 0.3 is 0 Å². The van der Waals surface area contributed by atoms with Crippen molar-refractivity contribution in [1.82, 2.24) is 0 Å². The Morgan fingerprint density at radius 1 is 1.33 bits per heavy atom. The molecule has 1 atom stereocenters. The smallest absolute Gasteiger partial charge is 0.150 e. The van der Waals surface area contributed by atoms with Gasteiger partial charge < -0.3 is 5.73 Å². The first kappa shape index (κ1) is 15.1. The molecule has 0 amide bonds. The first-order chi connectivity index (χ1) is 8.28. The predicted molar refractivity (Wildman–Crippen MR) is 71.5 cm³/mol. The van der Waals surface area contributed by atoms with Gasteiger partial charge in [-0.1, -0.05) is 25.1 Å². The summed E-state index contributed by atoms with van der Waals surface area (Å²) < 4.78 is 36.4. The van der Waals surface area contributed by atoms with Gasteiger partial charge in [-0.15, -0.1) is 0 Å². The molecular formula is C13H20FNO2S.